The highest BCUT2D eigenvalue weighted by molar-refractivity contribution is 6.02. The molecule has 1 aliphatic rings. The van der Waals surface area contributed by atoms with Gasteiger partial charge >= 0.3 is 0 Å². The number of nitrogens with zero attached hydrogens (tertiary/aromatic N) is 1. The van der Waals surface area contributed by atoms with Gasteiger partial charge in [-0.15, -0.1) is 0 Å². The highest BCUT2D eigenvalue weighted by Crippen LogP contribution is 2.29. The number of hydrogen-bond donors (Lipinski definition) is 2. The lowest BCUT2D eigenvalue weighted by Crippen LogP contribution is -2.35. The molecule has 1 aromatic carbocycles. The predicted octanol–water partition coefficient (Wildman–Crippen LogP) is 6.39. The fourth-order valence-corrected chi connectivity index (χ4v) is 4.18. The normalized spacial score (nSPS) is 14.6. The van der Waals surface area contributed by atoms with E-state index in [0.717, 1.165) is 50.4 Å². The number of hydrogen-bond acceptors (Lipinski definition) is 3. The maximum Gasteiger partial charge on any atom is 0.253 e. The summed E-state index contributed by atoms with van der Waals surface area (Å²) in [4.78, 5) is 27.7. The van der Waals surface area contributed by atoms with Crippen LogP contribution in [0.25, 0.3) is 0 Å². The molecular formula is C27H45N3O2. The molecule has 0 bridgehead atoms. The molecule has 2 N–H and O–H groups in total. The van der Waals surface area contributed by atoms with Gasteiger partial charge in [0, 0.05) is 37.4 Å². The Kier molecular flexibility index (Phi) is 11.6. The molecule has 1 fully saturated rings. The molecule has 1 saturated heterocycles. The number of anilines is 2. The number of carbonyl (C=O) groups is 2. The van der Waals surface area contributed by atoms with Crippen LogP contribution in [0.15, 0.2) is 18.2 Å². The van der Waals surface area contributed by atoms with E-state index in [-0.39, 0.29) is 11.8 Å². The highest BCUT2D eigenvalue weighted by Gasteiger charge is 2.22. The van der Waals surface area contributed by atoms with Crippen LogP contribution in [0.4, 0.5) is 11.4 Å². The van der Waals surface area contributed by atoms with E-state index in [2.05, 4.69) is 43.2 Å². The first-order valence-electron chi connectivity index (χ1n) is 12.9. The summed E-state index contributed by atoms with van der Waals surface area (Å²) in [5.41, 5.74) is 2.35. The van der Waals surface area contributed by atoms with Gasteiger partial charge in [0.15, 0.2) is 0 Å². The Hall–Kier alpha value is -2.04. The standard InChI is InChI=1S/C27H45N3O2/c1-5-6-7-8-9-10-11-12-26(31)29-23-13-14-25(30-17-15-22(4)16-18-30)24(19-23)27(32)28-20-21(2)3/h13-14,19,21-22H,5-12,15-18,20H2,1-4H3,(H,28,32)(H,29,31). The van der Waals surface area contributed by atoms with Crippen molar-refractivity contribution in [2.24, 2.45) is 11.8 Å². The minimum atomic E-state index is -0.0597. The van der Waals surface area contributed by atoms with Gasteiger partial charge in [0.25, 0.3) is 5.91 Å². The third-order valence-corrected chi connectivity index (χ3v) is 6.33. The van der Waals surface area contributed by atoms with Crippen LogP contribution in [-0.2, 0) is 4.79 Å². The van der Waals surface area contributed by atoms with Gasteiger partial charge in [-0.3, -0.25) is 9.59 Å². The molecule has 0 radical (unpaired) electrons. The molecule has 5 heteroatoms. The van der Waals surface area contributed by atoms with E-state index in [1.165, 1.54) is 32.1 Å². The molecule has 1 aliphatic heterocycles. The lowest BCUT2D eigenvalue weighted by molar-refractivity contribution is -0.116. The Labute approximate surface area is 195 Å². The molecule has 5 nitrogen and oxygen atoms in total. The van der Waals surface area contributed by atoms with Gasteiger partial charge in [-0.05, 0) is 49.3 Å². The molecule has 0 unspecified atom stereocenters. The maximum atomic E-state index is 13.0. The van der Waals surface area contributed by atoms with Crippen LogP contribution in [0.1, 0.15) is 102 Å². The SMILES string of the molecule is CCCCCCCCCC(=O)Nc1ccc(N2CCC(C)CC2)c(C(=O)NCC(C)C)c1. The zero-order chi connectivity index (χ0) is 23.3. The molecule has 0 atom stereocenters. The van der Waals surface area contributed by atoms with Gasteiger partial charge in [-0.2, -0.15) is 0 Å². The lowest BCUT2D eigenvalue weighted by Gasteiger charge is -2.33. The number of rotatable bonds is 13. The number of benzene rings is 1. The summed E-state index contributed by atoms with van der Waals surface area (Å²) in [6, 6.07) is 5.80. The first kappa shape index (κ1) is 26.2. The van der Waals surface area contributed by atoms with Gasteiger partial charge < -0.3 is 15.5 Å². The predicted molar refractivity (Wildman–Crippen MR) is 135 cm³/mol. The van der Waals surface area contributed by atoms with E-state index in [1.807, 2.05) is 18.2 Å². The van der Waals surface area contributed by atoms with Gasteiger partial charge in [0.2, 0.25) is 5.91 Å². The van der Waals surface area contributed by atoms with E-state index in [9.17, 15) is 9.59 Å². The zero-order valence-electron chi connectivity index (χ0n) is 20.8. The van der Waals surface area contributed by atoms with E-state index in [0.29, 0.717) is 30.1 Å². The molecule has 0 spiro atoms. The van der Waals surface area contributed by atoms with Crippen LogP contribution in [0.5, 0.6) is 0 Å². The average molecular weight is 444 g/mol. The third kappa shape index (κ3) is 9.22. The number of piperidine rings is 1. The molecule has 180 valence electrons. The largest absolute Gasteiger partial charge is 0.371 e. The smallest absolute Gasteiger partial charge is 0.253 e. The molecule has 32 heavy (non-hydrogen) atoms. The fraction of sp³-hybridized carbons (Fsp3) is 0.704. The molecule has 2 amide bonds. The molecule has 2 rings (SSSR count). The van der Waals surface area contributed by atoms with Crippen LogP contribution in [-0.4, -0.2) is 31.4 Å². The zero-order valence-corrected chi connectivity index (χ0v) is 20.8. The molecule has 0 aliphatic carbocycles. The van der Waals surface area contributed by atoms with E-state index >= 15 is 0 Å². The second kappa shape index (κ2) is 14.2. The van der Waals surface area contributed by atoms with Crippen molar-refractivity contribution in [2.45, 2.75) is 91.9 Å². The van der Waals surface area contributed by atoms with Crippen molar-refractivity contribution in [3.05, 3.63) is 23.8 Å². The fourth-order valence-electron chi connectivity index (χ4n) is 4.18. The Balaban J connectivity index is 1.98. The summed E-state index contributed by atoms with van der Waals surface area (Å²) in [7, 11) is 0. The number of amides is 2. The Morgan fingerprint density at radius 2 is 1.69 bits per heavy atom. The monoisotopic (exact) mass is 443 g/mol. The van der Waals surface area contributed by atoms with Crippen molar-refractivity contribution < 1.29 is 9.59 Å². The van der Waals surface area contributed by atoms with Gasteiger partial charge in [-0.1, -0.05) is 66.2 Å². The summed E-state index contributed by atoms with van der Waals surface area (Å²) < 4.78 is 0. The molecule has 1 aromatic rings. The van der Waals surface area contributed by atoms with Crippen molar-refractivity contribution in [3.8, 4) is 0 Å². The van der Waals surface area contributed by atoms with Gasteiger partial charge in [0.1, 0.15) is 0 Å². The van der Waals surface area contributed by atoms with Crippen LogP contribution in [0.3, 0.4) is 0 Å². The van der Waals surface area contributed by atoms with Gasteiger partial charge in [0.05, 0.1) is 5.56 Å². The summed E-state index contributed by atoms with van der Waals surface area (Å²) in [6.07, 6.45) is 11.2. The molecular weight excluding hydrogens is 398 g/mol. The number of nitrogens with one attached hydrogen (secondary N) is 2. The third-order valence-electron chi connectivity index (χ3n) is 6.33. The van der Waals surface area contributed by atoms with Crippen LogP contribution >= 0.6 is 0 Å². The summed E-state index contributed by atoms with van der Waals surface area (Å²) in [6.45, 7) is 11.3. The van der Waals surface area contributed by atoms with Gasteiger partial charge in [-0.25, -0.2) is 0 Å². The quantitative estimate of drug-likeness (QED) is 0.347. The number of carbonyl (C=O) groups excluding carboxylic acids is 2. The minimum Gasteiger partial charge on any atom is -0.371 e. The van der Waals surface area contributed by atoms with Crippen molar-refractivity contribution in [3.63, 3.8) is 0 Å². The van der Waals surface area contributed by atoms with Crippen molar-refractivity contribution in [1.29, 1.82) is 0 Å². The highest BCUT2D eigenvalue weighted by atomic mass is 16.2. The van der Waals surface area contributed by atoms with Crippen molar-refractivity contribution >= 4 is 23.2 Å². The molecule has 1 heterocycles. The average Bonchev–Trinajstić information content (AvgIpc) is 2.77. The second-order valence-corrected chi connectivity index (χ2v) is 9.92. The molecule has 0 aromatic heterocycles. The Morgan fingerprint density at radius 1 is 1.03 bits per heavy atom. The van der Waals surface area contributed by atoms with Crippen molar-refractivity contribution in [2.75, 3.05) is 29.9 Å². The Morgan fingerprint density at radius 3 is 2.34 bits per heavy atom. The minimum absolute atomic E-state index is 0.0339. The van der Waals surface area contributed by atoms with E-state index in [1.54, 1.807) is 0 Å². The summed E-state index contributed by atoms with van der Waals surface area (Å²) in [5, 5.41) is 6.06. The lowest BCUT2D eigenvalue weighted by atomic mass is 9.97. The first-order chi connectivity index (χ1) is 15.4. The first-order valence-corrected chi connectivity index (χ1v) is 12.9. The van der Waals surface area contributed by atoms with Crippen molar-refractivity contribution in [1.82, 2.24) is 5.32 Å². The van der Waals surface area contributed by atoms with Crippen LogP contribution < -0.4 is 15.5 Å². The van der Waals surface area contributed by atoms with Crippen LogP contribution in [0, 0.1) is 11.8 Å². The second-order valence-electron chi connectivity index (χ2n) is 9.92. The topological polar surface area (TPSA) is 61.4 Å². The maximum absolute atomic E-state index is 13.0. The van der Waals surface area contributed by atoms with Crippen LogP contribution in [0.2, 0.25) is 0 Å². The Bertz CT molecular complexity index is 709. The number of unbranched alkanes of at least 4 members (excludes halogenated alkanes) is 6. The summed E-state index contributed by atoms with van der Waals surface area (Å²) >= 11 is 0. The van der Waals surface area contributed by atoms with E-state index < -0.39 is 0 Å². The van der Waals surface area contributed by atoms with E-state index in [4.69, 9.17) is 0 Å². The molecule has 0 saturated carbocycles. The summed E-state index contributed by atoms with van der Waals surface area (Å²) in [5.74, 6) is 1.10.